The number of allylic oxidation sites excluding steroid dienone is 2. The topological polar surface area (TPSA) is 76.5 Å². The molecule has 0 saturated heterocycles. The average Bonchev–Trinajstić information content (AvgIpc) is 3.72. The van der Waals surface area contributed by atoms with Gasteiger partial charge in [0.2, 0.25) is 0 Å². The van der Waals surface area contributed by atoms with Crippen LogP contribution in [0.25, 0.3) is 55.3 Å². The van der Waals surface area contributed by atoms with Gasteiger partial charge in [-0.3, -0.25) is 9.78 Å². The maximum atomic E-state index is 12.2. The van der Waals surface area contributed by atoms with Crippen LogP contribution < -0.4 is 0 Å². The van der Waals surface area contributed by atoms with E-state index in [1.165, 1.54) is 17.0 Å². The zero-order valence-electron chi connectivity index (χ0n) is 31.8. The minimum atomic E-state index is -0.337. The minimum Gasteiger partial charge on any atom is -0.512 e. The first kappa shape index (κ1) is 39.8. The van der Waals surface area contributed by atoms with E-state index in [4.69, 9.17) is 13.8 Å². The van der Waals surface area contributed by atoms with Crippen molar-refractivity contribution >= 4 is 38.5 Å². The number of benzene rings is 3. The minimum absolute atomic E-state index is 0. The van der Waals surface area contributed by atoms with Gasteiger partial charge in [-0.15, -0.1) is 29.1 Å². The van der Waals surface area contributed by atoms with E-state index in [-0.39, 0.29) is 47.9 Å². The van der Waals surface area contributed by atoms with E-state index in [1.807, 2.05) is 78.9 Å². The van der Waals surface area contributed by atoms with Gasteiger partial charge in [0.15, 0.2) is 5.78 Å². The van der Waals surface area contributed by atoms with Crippen LogP contribution in [0.15, 0.2) is 93.6 Å². The van der Waals surface area contributed by atoms with Crippen molar-refractivity contribution in [1.29, 1.82) is 0 Å². The summed E-state index contributed by atoms with van der Waals surface area (Å²) in [6.07, 6.45) is 6.60. The van der Waals surface area contributed by atoms with E-state index in [2.05, 4.69) is 69.3 Å². The average molecular weight is 863 g/mol. The van der Waals surface area contributed by atoms with Crippen LogP contribution in [0.1, 0.15) is 99.3 Å². The number of pyridine rings is 1. The van der Waals surface area contributed by atoms with Gasteiger partial charge in [0, 0.05) is 65.2 Å². The molecule has 1 N–H and O–H groups in total. The molecule has 6 heteroatoms. The van der Waals surface area contributed by atoms with Crippen molar-refractivity contribution in [2.75, 3.05) is 0 Å². The molecule has 0 aliphatic rings. The fourth-order valence-electron chi connectivity index (χ4n) is 6.29. The van der Waals surface area contributed by atoms with Gasteiger partial charge in [0.05, 0.1) is 0 Å². The summed E-state index contributed by atoms with van der Waals surface area (Å²) in [6, 6.07) is 26.5. The number of aryl methyl sites for hydroxylation is 1. The van der Waals surface area contributed by atoms with Crippen LogP contribution >= 0.6 is 0 Å². The van der Waals surface area contributed by atoms with Gasteiger partial charge in [0.25, 0.3) is 0 Å². The Balaban J connectivity index is 0.000000279. The third kappa shape index (κ3) is 8.24. The van der Waals surface area contributed by atoms with E-state index < -0.39 is 0 Å². The zero-order chi connectivity index (χ0) is 36.4. The van der Waals surface area contributed by atoms with Crippen molar-refractivity contribution in [3.05, 3.63) is 102 Å². The van der Waals surface area contributed by atoms with Gasteiger partial charge in [-0.25, -0.2) is 0 Å². The molecule has 0 unspecified atom stereocenters. The number of hydrogen-bond donors (Lipinski definition) is 1. The van der Waals surface area contributed by atoms with Gasteiger partial charge >= 0.3 is 0 Å². The molecule has 0 saturated carbocycles. The molecule has 0 aliphatic heterocycles. The second kappa shape index (κ2) is 15.7. The number of nitrogens with zero attached hydrogens (tertiary/aromatic N) is 1. The molecular formula is C45H52IrNO4-. The van der Waals surface area contributed by atoms with Crippen molar-refractivity contribution in [1.82, 2.24) is 4.98 Å². The van der Waals surface area contributed by atoms with Gasteiger partial charge < -0.3 is 13.9 Å². The van der Waals surface area contributed by atoms with E-state index >= 15 is 0 Å². The predicted molar refractivity (Wildman–Crippen MR) is 208 cm³/mol. The van der Waals surface area contributed by atoms with Crippen molar-refractivity contribution < 1.29 is 38.8 Å². The van der Waals surface area contributed by atoms with Gasteiger partial charge in [-0.1, -0.05) is 91.5 Å². The molecule has 6 aromatic rings. The molecule has 3 aromatic carbocycles. The molecule has 0 aliphatic carbocycles. The summed E-state index contributed by atoms with van der Waals surface area (Å²) in [7, 11) is 0. The Morgan fingerprint density at radius 2 is 1.49 bits per heavy atom. The number of furan rings is 2. The van der Waals surface area contributed by atoms with Gasteiger partial charge in [-0.2, -0.15) is 0 Å². The van der Waals surface area contributed by atoms with Crippen LogP contribution in [0.5, 0.6) is 0 Å². The number of carbonyl (C=O) groups is 1. The van der Waals surface area contributed by atoms with Crippen LogP contribution in [-0.4, -0.2) is 15.9 Å². The van der Waals surface area contributed by atoms with Crippen molar-refractivity contribution in [3.8, 4) is 22.6 Å². The third-order valence-corrected chi connectivity index (χ3v) is 10.8. The maximum Gasteiger partial charge on any atom is 0.164 e. The monoisotopic (exact) mass is 863 g/mol. The summed E-state index contributed by atoms with van der Waals surface area (Å²) in [5.41, 5.74) is 5.11. The number of aliphatic hydroxyl groups is 1. The molecule has 271 valence electrons. The quantitative estimate of drug-likeness (QED) is 0.0890. The van der Waals surface area contributed by atoms with Crippen LogP contribution in [0, 0.1) is 23.8 Å². The van der Waals surface area contributed by atoms with E-state index in [0.717, 1.165) is 81.3 Å². The smallest absolute Gasteiger partial charge is 0.164 e. The Bertz CT molecular complexity index is 2170. The van der Waals surface area contributed by atoms with E-state index in [9.17, 15) is 9.90 Å². The second-order valence-corrected chi connectivity index (χ2v) is 15.1. The van der Waals surface area contributed by atoms with Gasteiger partial charge in [0.1, 0.15) is 28.4 Å². The Hall–Kier alpha value is -3.99. The molecule has 6 rings (SSSR count). The fourth-order valence-corrected chi connectivity index (χ4v) is 6.29. The normalized spacial score (nSPS) is 12.5. The van der Waals surface area contributed by atoms with Crippen LogP contribution in [0.2, 0.25) is 0 Å². The molecule has 0 atom stereocenters. The number of rotatable bonds is 9. The SMILES string of the molecule is CCC(C)(CC)C(=O)/C=C(\O)C(C)(CC)CC.Cc1cc2cc(-c3cc4ccnc(-c5[c-]c6ccccc6c(C(C)(C)C)c5)c4o3)ccc2o1.[Ir]. The molecule has 5 nitrogen and oxygen atoms in total. The van der Waals surface area contributed by atoms with Crippen LogP contribution in [0.3, 0.4) is 0 Å². The number of aliphatic hydroxyl groups excluding tert-OH is 1. The van der Waals surface area contributed by atoms with Crippen molar-refractivity contribution in [3.63, 3.8) is 0 Å². The maximum absolute atomic E-state index is 12.2. The van der Waals surface area contributed by atoms with Crippen LogP contribution in [-0.2, 0) is 30.3 Å². The second-order valence-electron chi connectivity index (χ2n) is 15.1. The van der Waals surface area contributed by atoms with Crippen molar-refractivity contribution in [2.24, 2.45) is 10.8 Å². The number of ketones is 1. The Morgan fingerprint density at radius 1 is 0.824 bits per heavy atom. The predicted octanol–water partition coefficient (Wildman–Crippen LogP) is 13.1. The Labute approximate surface area is 316 Å². The summed E-state index contributed by atoms with van der Waals surface area (Å²) in [4.78, 5) is 16.9. The first-order valence-electron chi connectivity index (χ1n) is 18.0. The van der Waals surface area contributed by atoms with Crippen LogP contribution in [0.4, 0.5) is 0 Å². The van der Waals surface area contributed by atoms with Gasteiger partial charge in [-0.05, 0) is 74.4 Å². The fraction of sp³-hybridized carbons (Fsp3) is 0.378. The van der Waals surface area contributed by atoms with E-state index in [0.29, 0.717) is 0 Å². The molecule has 1 radical (unpaired) electrons. The molecule has 51 heavy (non-hydrogen) atoms. The molecule has 3 heterocycles. The molecule has 0 bridgehead atoms. The number of carbonyl (C=O) groups excluding carboxylic acids is 1. The Morgan fingerprint density at radius 3 is 2.14 bits per heavy atom. The molecule has 0 amide bonds. The van der Waals surface area contributed by atoms with Crippen molar-refractivity contribution in [2.45, 2.75) is 100 Å². The largest absolute Gasteiger partial charge is 0.512 e. The summed E-state index contributed by atoms with van der Waals surface area (Å²) in [5.74, 6) is 2.00. The number of aromatic nitrogens is 1. The third-order valence-electron chi connectivity index (χ3n) is 10.8. The molecule has 0 spiro atoms. The Kier molecular flexibility index (Phi) is 12.3. The van der Waals surface area contributed by atoms with E-state index in [1.54, 1.807) is 0 Å². The molecular weight excluding hydrogens is 811 g/mol. The summed E-state index contributed by atoms with van der Waals surface area (Å²) < 4.78 is 12.1. The zero-order valence-corrected chi connectivity index (χ0v) is 34.2. The standard InChI is InChI=1S/C30H24NO2.C15H28O2.Ir/c1-18-13-22-15-20(9-10-26(22)32-18)27-17-21-11-12-31-28(29(21)33-27)23-14-19-7-5-6-8-24(19)25(16-23)30(2,3)4;1-7-14(5,8-2)12(16)11-13(17)15(6,9-3)10-4;/h5-13,15-17H,1-4H3;11,16H,7-10H2,1-6H3;/q-1;;/b;12-11-;. The summed E-state index contributed by atoms with van der Waals surface area (Å²) in [5, 5.41) is 14.5. The molecule has 3 aromatic heterocycles. The first-order chi connectivity index (χ1) is 23.7. The number of fused-ring (bicyclic) bond motifs is 3. The first-order valence-corrected chi connectivity index (χ1v) is 18.0. The number of hydrogen-bond acceptors (Lipinski definition) is 5. The summed E-state index contributed by atoms with van der Waals surface area (Å²) in [6.45, 7) is 20.8. The summed E-state index contributed by atoms with van der Waals surface area (Å²) >= 11 is 0. The molecule has 0 fully saturated rings.